The maximum Gasteiger partial charge on any atom is 0.329 e. The van der Waals surface area contributed by atoms with E-state index in [2.05, 4.69) is 4.98 Å². The zero-order chi connectivity index (χ0) is 18.1. The number of aromatic nitrogens is 2. The summed E-state index contributed by atoms with van der Waals surface area (Å²) in [6.45, 7) is 5.10. The first-order chi connectivity index (χ1) is 11.9. The number of carbonyl (C=O) groups excluding carboxylic acids is 1. The fraction of sp³-hybridized carbons (Fsp3) is 0.278. The molecule has 0 aliphatic rings. The van der Waals surface area contributed by atoms with E-state index in [0.717, 1.165) is 5.56 Å². The zero-order valence-electron chi connectivity index (χ0n) is 14.0. The van der Waals surface area contributed by atoms with Crippen LogP contribution in [0.2, 0.25) is 0 Å². The summed E-state index contributed by atoms with van der Waals surface area (Å²) in [5.74, 6) is -0.833. The van der Waals surface area contributed by atoms with Gasteiger partial charge in [-0.1, -0.05) is 12.1 Å². The van der Waals surface area contributed by atoms with Crippen molar-refractivity contribution in [2.45, 2.75) is 32.9 Å². The molecule has 0 radical (unpaired) electrons. The number of rotatable bonds is 4. The highest BCUT2D eigenvalue weighted by molar-refractivity contribution is 7.17. The standard InChI is InChI=1S/C18H17FN2O3S/c1-10(2)24-18(23)11(3)21-9-20-16-15(17(21)22)14(8-25-16)12-4-6-13(19)7-5-12/h4-11H,1-3H3/t11-/m1/s1. The van der Waals surface area contributed by atoms with Crippen molar-refractivity contribution in [3.63, 3.8) is 0 Å². The van der Waals surface area contributed by atoms with E-state index < -0.39 is 12.0 Å². The van der Waals surface area contributed by atoms with Gasteiger partial charge in [0.2, 0.25) is 0 Å². The Morgan fingerprint density at radius 3 is 2.56 bits per heavy atom. The van der Waals surface area contributed by atoms with E-state index in [-0.39, 0.29) is 17.5 Å². The smallest absolute Gasteiger partial charge is 0.329 e. The van der Waals surface area contributed by atoms with Gasteiger partial charge in [0.25, 0.3) is 5.56 Å². The van der Waals surface area contributed by atoms with Crippen LogP contribution >= 0.6 is 11.3 Å². The number of nitrogens with zero attached hydrogens (tertiary/aromatic N) is 2. The van der Waals surface area contributed by atoms with Crippen molar-refractivity contribution in [2.75, 3.05) is 0 Å². The first-order valence-electron chi connectivity index (χ1n) is 7.83. The number of esters is 1. The van der Waals surface area contributed by atoms with E-state index in [1.54, 1.807) is 32.9 Å². The minimum atomic E-state index is -0.784. The Balaban J connectivity index is 2.10. The molecule has 0 saturated heterocycles. The van der Waals surface area contributed by atoms with Crippen molar-refractivity contribution in [1.82, 2.24) is 9.55 Å². The number of carbonyl (C=O) groups is 1. The largest absolute Gasteiger partial charge is 0.461 e. The number of hydrogen-bond donors (Lipinski definition) is 0. The molecule has 2 heterocycles. The van der Waals surface area contributed by atoms with Crippen LogP contribution in [0.25, 0.3) is 21.3 Å². The molecule has 7 heteroatoms. The number of thiophene rings is 1. The SMILES string of the molecule is CC(C)OC(=O)[C@@H](C)n1cnc2scc(-c3ccc(F)cc3)c2c1=O. The summed E-state index contributed by atoms with van der Waals surface area (Å²) in [5, 5.41) is 2.23. The Bertz CT molecular complexity index is 976. The lowest BCUT2D eigenvalue weighted by molar-refractivity contribution is -0.151. The third kappa shape index (κ3) is 3.32. The molecule has 0 spiro atoms. The quantitative estimate of drug-likeness (QED) is 0.665. The van der Waals surface area contributed by atoms with Gasteiger partial charge in [-0.15, -0.1) is 11.3 Å². The summed E-state index contributed by atoms with van der Waals surface area (Å²) in [5.41, 5.74) is 1.08. The van der Waals surface area contributed by atoms with E-state index in [0.29, 0.717) is 15.8 Å². The lowest BCUT2D eigenvalue weighted by atomic mass is 10.1. The van der Waals surface area contributed by atoms with Gasteiger partial charge in [-0.3, -0.25) is 9.36 Å². The topological polar surface area (TPSA) is 61.2 Å². The molecule has 1 aromatic carbocycles. The molecule has 3 rings (SSSR count). The maximum atomic E-state index is 13.2. The second-order valence-corrected chi connectivity index (χ2v) is 6.81. The van der Waals surface area contributed by atoms with Crippen molar-refractivity contribution < 1.29 is 13.9 Å². The van der Waals surface area contributed by atoms with E-state index in [1.165, 1.54) is 34.4 Å². The Hall–Kier alpha value is -2.54. The van der Waals surface area contributed by atoms with Crippen molar-refractivity contribution in [3.05, 3.63) is 52.1 Å². The van der Waals surface area contributed by atoms with Crippen LogP contribution in [0.3, 0.4) is 0 Å². The van der Waals surface area contributed by atoms with Crippen molar-refractivity contribution in [3.8, 4) is 11.1 Å². The summed E-state index contributed by atoms with van der Waals surface area (Å²) < 4.78 is 19.6. The molecule has 25 heavy (non-hydrogen) atoms. The Kier molecular flexibility index (Phi) is 4.67. The molecule has 2 aromatic heterocycles. The summed E-state index contributed by atoms with van der Waals surface area (Å²) in [6.07, 6.45) is 1.10. The van der Waals surface area contributed by atoms with Gasteiger partial charge in [0, 0.05) is 10.9 Å². The molecule has 5 nitrogen and oxygen atoms in total. The molecule has 0 saturated carbocycles. The molecule has 130 valence electrons. The zero-order valence-corrected chi connectivity index (χ0v) is 14.8. The minimum absolute atomic E-state index is 0.265. The Morgan fingerprint density at radius 1 is 1.24 bits per heavy atom. The minimum Gasteiger partial charge on any atom is -0.461 e. The van der Waals surface area contributed by atoms with Gasteiger partial charge in [-0.25, -0.2) is 14.2 Å². The fourth-order valence-corrected chi connectivity index (χ4v) is 3.41. The van der Waals surface area contributed by atoms with Crippen LogP contribution in [0.4, 0.5) is 4.39 Å². The first-order valence-corrected chi connectivity index (χ1v) is 8.71. The van der Waals surface area contributed by atoms with Gasteiger partial charge >= 0.3 is 5.97 Å². The summed E-state index contributed by atoms with van der Waals surface area (Å²) in [4.78, 5) is 29.9. The highest BCUT2D eigenvalue weighted by atomic mass is 32.1. The normalized spacial score (nSPS) is 12.5. The average Bonchev–Trinajstić information content (AvgIpc) is 2.99. The van der Waals surface area contributed by atoms with Gasteiger partial charge in [-0.2, -0.15) is 0 Å². The lowest BCUT2D eigenvalue weighted by Crippen LogP contribution is -2.30. The monoisotopic (exact) mass is 360 g/mol. The summed E-state index contributed by atoms with van der Waals surface area (Å²) >= 11 is 1.33. The van der Waals surface area contributed by atoms with Crippen LogP contribution in [-0.4, -0.2) is 21.6 Å². The summed E-state index contributed by atoms with van der Waals surface area (Å²) in [7, 11) is 0. The second-order valence-electron chi connectivity index (χ2n) is 5.96. The summed E-state index contributed by atoms with van der Waals surface area (Å²) in [6, 6.07) is 5.13. The van der Waals surface area contributed by atoms with Gasteiger partial charge < -0.3 is 4.74 Å². The van der Waals surface area contributed by atoms with Crippen molar-refractivity contribution >= 4 is 27.5 Å². The van der Waals surface area contributed by atoms with Crippen molar-refractivity contribution in [1.29, 1.82) is 0 Å². The highest BCUT2D eigenvalue weighted by Gasteiger charge is 2.22. The predicted molar refractivity (Wildman–Crippen MR) is 95.2 cm³/mol. The average molecular weight is 360 g/mol. The van der Waals surface area contributed by atoms with E-state index in [4.69, 9.17) is 4.74 Å². The molecule has 0 amide bonds. The third-order valence-corrected chi connectivity index (χ3v) is 4.67. The van der Waals surface area contributed by atoms with Gasteiger partial charge in [-0.05, 0) is 38.5 Å². The van der Waals surface area contributed by atoms with Crippen LogP contribution in [0.15, 0.2) is 40.8 Å². The lowest BCUT2D eigenvalue weighted by Gasteiger charge is -2.16. The molecular weight excluding hydrogens is 343 g/mol. The molecule has 0 aliphatic heterocycles. The number of benzene rings is 1. The second kappa shape index (κ2) is 6.76. The number of ether oxygens (including phenoxy) is 1. The predicted octanol–water partition coefficient (Wildman–Crippen LogP) is 3.78. The fourth-order valence-electron chi connectivity index (χ4n) is 2.51. The van der Waals surface area contributed by atoms with Crippen LogP contribution in [-0.2, 0) is 9.53 Å². The molecule has 0 aliphatic carbocycles. The van der Waals surface area contributed by atoms with Gasteiger partial charge in [0.15, 0.2) is 0 Å². The van der Waals surface area contributed by atoms with E-state index in [1.807, 2.05) is 5.38 Å². The van der Waals surface area contributed by atoms with Crippen LogP contribution < -0.4 is 5.56 Å². The van der Waals surface area contributed by atoms with Crippen molar-refractivity contribution in [2.24, 2.45) is 0 Å². The number of hydrogen-bond acceptors (Lipinski definition) is 5. The molecule has 0 unspecified atom stereocenters. The van der Waals surface area contributed by atoms with E-state index >= 15 is 0 Å². The molecule has 0 bridgehead atoms. The molecule has 0 fully saturated rings. The van der Waals surface area contributed by atoms with Gasteiger partial charge in [0.1, 0.15) is 16.7 Å². The Labute approximate surface area is 147 Å². The molecule has 1 atom stereocenters. The molecule has 0 N–H and O–H groups in total. The van der Waals surface area contributed by atoms with E-state index in [9.17, 15) is 14.0 Å². The van der Waals surface area contributed by atoms with Crippen LogP contribution in [0.5, 0.6) is 0 Å². The van der Waals surface area contributed by atoms with Crippen LogP contribution in [0.1, 0.15) is 26.8 Å². The van der Waals surface area contributed by atoms with Crippen LogP contribution in [0, 0.1) is 5.82 Å². The first kappa shape index (κ1) is 17.3. The number of fused-ring (bicyclic) bond motifs is 1. The third-order valence-electron chi connectivity index (χ3n) is 3.78. The molecular formula is C18H17FN2O3S. The molecule has 3 aromatic rings. The van der Waals surface area contributed by atoms with Gasteiger partial charge in [0.05, 0.1) is 17.8 Å². The highest BCUT2D eigenvalue weighted by Crippen LogP contribution is 2.31. The number of halogens is 1. The Morgan fingerprint density at radius 2 is 1.92 bits per heavy atom. The maximum absolute atomic E-state index is 13.2.